The summed E-state index contributed by atoms with van der Waals surface area (Å²) in [7, 11) is -7.31. The zero-order valence-electron chi connectivity index (χ0n) is 20.7. The molecule has 38 heavy (non-hydrogen) atoms. The molecule has 1 saturated heterocycles. The fourth-order valence-electron chi connectivity index (χ4n) is 4.01. The number of sulfone groups is 1. The van der Waals surface area contributed by atoms with Gasteiger partial charge in [0.05, 0.1) is 16.7 Å². The van der Waals surface area contributed by atoms with E-state index in [0.29, 0.717) is 11.1 Å². The molecule has 0 radical (unpaired) electrons. The maximum Gasteiger partial charge on any atom is 0.407 e. The normalized spacial score (nSPS) is 19.1. The third-order valence-corrected chi connectivity index (χ3v) is 8.27. The Balaban J connectivity index is 1.84. The van der Waals surface area contributed by atoms with Crippen LogP contribution in [0.3, 0.4) is 0 Å². The molecule has 1 fully saturated rings. The van der Waals surface area contributed by atoms with Crippen molar-refractivity contribution in [3.05, 3.63) is 54.1 Å². The summed E-state index contributed by atoms with van der Waals surface area (Å²) in [6, 6.07) is 6.32. The van der Waals surface area contributed by atoms with Gasteiger partial charge in [-0.25, -0.2) is 16.8 Å². The van der Waals surface area contributed by atoms with Crippen LogP contribution in [0.15, 0.2) is 53.4 Å². The highest BCUT2D eigenvalue weighted by Gasteiger charge is 2.44. The molecule has 1 aliphatic heterocycles. The van der Waals surface area contributed by atoms with E-state index in [4.69, 9.17) is 0 Å². The van der Waals surface area contributed by atoms with Gasteiger partial charge in [0.1, 0.15) is 12.1 Å². The van der Waals surface area contributed by atoms with Gasteiger partial charge in [0, 0.05) is 6.26 Å². The highest BCUT2D eigenvalue weighted by atomic mass is 32.2. The van der Waals surface area contributed by atoms with Gasteiger partial charge in [-0.3, -0.25) is 19.6 Å². The first-order chi connectivity index (χ1) is 17.5. The second-order valence-corrected chi connectivity index (χ2v) is 13.3. The van der Waals surface area contributed by atoms with Gasteiger partial charge >= 0.3 is 6.18 Å². The van der Waals surface area contributed by atoms with E-state index in [1.807, 2.05) is 0 Å². The van der Waals surface area contributed by atoms with E-state index in [1.54, 1.807) is 30.7 Å². The van der Waals surface area contributed by atoms with Gasteiger partial charge in [0.15, 0.2) is 9.84 Å². The second kappa shape index (κ2) is 11.0. The van der Waals surface area contributed by atoms with E-state index in [0.717, 1.165) is 6.26 Å². The van der Waals surface area contributed by atoms with Crippen molar-refractivity contribution in [2.24, 2.45) is 5.92 Å². The third-order valence-electron chi connectivity index (χ3n) is 5.85. The summed E-state index contributed by atoms with van der Waals surface area (Å²) in [5.74, 6) is -2.77. The zero-order valence-corrected chi connectivity index (χ0v) is 22.4. The minimum Gasteiger partial charge on any atom is -0.342 e. The van der Waals surface area contributed by atoms with Crippen molar-refractivity contribution in [3.63, 3.8) is 0 Å². The number of hydrogen-bond donors (Lipinski definition) is 3. The Morgan fingerprint density at radius 2 is 1.58 bits per heavy atom. The number of amides is 2. The van der Waals surface area contributed by atoms with Crippen LogP contribution >= 0.6 is 0 Å². The average Bonchev–Trinajstić information content (AvgIpc) is 3.05. The molecule has 0 spiro atoms. The molecule has 0 aromatic heterocycles. The lowest BCUT2D eigenvalue weighted by Gasteiger charge is -2.29. The molecule has 0 saturated carbocycles. The summed E-state index contributed by atoms with van der Waals surface area (Å²) < 4.78 is 90.6. The molecular weight excluding hydrogens is 547 g/mol. The molecule has 1 heterocycles. The number of rotatable bonds is 9. The Hall–Kier alpha value is -2.97. The summed E-state index contributed by atoms with van der Waals surface area (Å²) in [4.78, 5) is 24.8. The molecule has 3 rings (SSSR count). The number of carbonyl (C=O) groups is 2. The first-order valence-electron chi connectivity index (χ1n) is 11.5. The van der Waals surface area contributed by atoms with Crippen molar-refractivity contribution < 1.29 is 39.6 Å². The van der Waals surface area contributed by atoms with Crippen LogP contribution in [0.1, 0.15) is 31.9 Å². The minimum absolute atomic E-state index is 0.00965. The molecule has 2 aromatic carbocycles. The molecule has 3 N–H and O–H groups in total. The Labute approximate surface area is 219 Å². The molecule has 9 nitrogen and oxygen atoms in total. The summed E-state index contributed by atoms with van der Waals surface area (Å²) in [5, 5.41) is 4.59. The van der Waals surface area contributed by atoms with Crippen LogP contribution in [-0.2, 0) is 29.4 Å². The van der Waals surface area contributed by atoms with Crippen LogP contribution in [0.25, 0.3) is 11.1 Å². The molecule has 3 atom stereocenters. The van der Waals surface area contributed by atoms with E-state index in [-0.39, 0.29) is 22.8 Å². The summed E-state index contributed by atoms with van der Waals surface area (Å²) in [5.41, 5.74) is 0.985. The van der Waals surface area contributed by atoms with Crippen molar-refractivity contribution in [2.75, 3.05) is 12.0 Å². The topological polar surface area (TPSA) is 139 Å². The SMILES string of the molecule is CC(C)C[C@H](N[C@@H](c1ccc(-c2ccc(S(C)(=O)=O)cc2)cc1)C(F)(F)F)C(=O)NC1CS(=O)(=O)NC1=O. The van der Waals surface area contributed by atoms with E-state index < -0.39 is 61.7 Å². The fraction of sp³-hybridized carbons (Fsp3) is 0.417. The van der Waals surface area contributed by atoms with E-state index in [1.165, 1.54) is 36.4 Å². The highest BCUT2D eigenvalue weighted by Crippen LogP contribution is 2.35. The molecular formula is C24H28F3N3O6S2. The highest BCUT2D eigenvalue weighted by molar-refractivity contribution is 7.91. The lowest BCUT2D eigenvalue weighted by molar-refractivity contribution is -0.161. The van der Waals surface area contributed by atoms with E-state index >= 15 is 0 Å². The van der Waals surface area contributed by atoms with Crippen LogP contribution in [0.2, 0.25) is 0 Å². The van der Waals surface area contributed by atoms with Crippen molar-refractivity contribution in [1.82, 2.24) is 15.4 Å². The van der Waals surface area contributed by atoms with Gasteiger partial charge < -0.3 is 5.32 Å². The monoisotopic (exact) mass is 575 g/mol. The Morgan fingerprint density at radius 3 is 2.00 bits per heavy atom. The molecule has 1 unspecified atom stereocenters. The predicted octanol–water partition coefficient (Wildman–Crippen LogP) is 2.31. The number of hydrogen-bond acceptors (Lipinski definition) is 7. The average molecular weight is 576 g/mol. The van der Waals surface area contributed by atoms with Crippen LogP contribution in [0.5, 0.6) is 0 Å². The maximum absolute atomic E-state index is 14.1. The maximum atomic E-state index is 14.1. The number of carbonyl (C=O) groups excluding carboxylic acids is 2. The number of alkyl halides is 3. The number of sulfonamides is 1. The van der Waals surface area contributed by atoms with E-state index in [9.17, 15) is 39.6 Å². The molecule has 0 aliphatic carbocycles. The van der Waals surface area contributed by atoms with Gasteiger partial charge in [-0.15, -0.1) is 0 Å². The lowest BCUT2D eigenvalue weighted by Crippen LogP contribution is -2.53. The predicted molar refractivity (Wildman–Crippen MR) is 134 cm³/mol. The molecule has 208 valence electrons. The molecule has 2 amide bonds. The smallest absolute Gasteiger partial charge is 0.342 e. The van der Waals surface area contributed by atoms with Crippen LogP contribution in [0.4, 0.5) is 13.2 Å². The summed E-state index contributed by atoms with van der Waals surface area (Å²) in [6.07, 6.45) is -3.73. The quantitative estimate of drug-likeness (QED) is 0.417. The first-order valence-corrected chi connectivity index (χ1v) is 15.1. The molecule has 0 bridgehead atoms. The van der Waals surface area contributed by atoms with Gasteiger partial charge in [-0.05, 0) is 41.2 Å². The Kier molecular flexibility index (Phi) is 8.58. The zero-order chi connectivity index (χ0) is 28.5. The van der Waals surface area contributed by atoms with Crippen molar-refractivity contribution in [2.45, 2.75) is 49.5 Å². The summed E-state index contributed by atoms with van der Waals surface area (Å²) >= 11 is 0. The van der Waals surface area contributed by atoms with Gasteiger partial charge in [0.2, 0.25) is 15.9 Å². The number of benzene rings is 2. The molecule has 14 heteroatoms. The van der Waals surface area contributed by atoms with Crippen LogP contribution in [-0.4, -0.2) is 58.9 Å². The van der Waals surface area contributed by atoms with Crippen molar-refractivity contribution in [1.29, 1.82) is 0 Å². The van der Waals surface area contributed by atoms with Crippen LogP contribution < -0.4 is 15.4 Å². The second-order valence-electron chi connectivity index (χ2n) is 9.55. The van der Waals surface area contributed by atoms with E-state index in [2.05, 4.69) is 10.6 Å². The standard InChI is InChI=1S/C24H28F3N3O6S2/c1-14(2)12-19(22(31)29-20-13-38(35,36)30-23(20)32)28-21(24(25,26)27)17-6-4-15(5-7-17)16-8-10-18(11-9-16)37(3,33)34/h4-11,14,19-21,28H,12-13H2,1-3H3,(H,29,31)(H,30,32)/t19-,20?,21-/m0/s1. The van der Waals surface area contributed by atoms with Crippen molar-refractivity contribution >= 4 is 31.7 Å². The molecule has 1 aliphatic rings. The lowest BCUT2D eigenvalue weighted by atomic mass is 9.97. The van der Waals surface area contributed by atoms with Crippen molar-refractivity contribution in [3.8, 4) is 11.1 Å². The number of halogens is 3. The molecule has 2 aromatic rings. The minimum atomic E-state index is -4.79. The van der Waals surface area contributed by atoms with Gasteiger partial charge in [0.25, 0.3) is 5.91 Å². The van der Waals surface area contributed by atoms with Crippen LogP contribution in [0, 0.1) is 5.92 Å². The fourth-order valence-corrected chi connectivity index (χ4v) is 5.84. The number of nitrogens with one attached hydrogen (secondary N) is 3. The van der Waals surface area contributed by atoms with Gasteiger partial charge in [-0.2, -0.15) is 13.2 Å². The Morgan fingerprint density at radius 1 is 1.05 bits per heavy atom. The summed E-state index contributed by atoms with van der Waals surface area (Å²) in [6.45, 7) is 3.42. The first kappa shape index (κ1) is 29.6. The third kappa shape index (κ3) is 7.54. The Bertz CT molecular complexity index is 1390. The van der Waals surface area contributed by atoms with Gasteiger partial charge in [-0.1, -0.05) is 50.2 Å². The largest absolute Gasteiger partial charge is 0.407 e.